The molecule has 41 heavy (non-hydrogen) atoms. The van der Waals surface area contributed by atoms with Crippen LogP contribution in [0.4, 0.5) is 0 Å². The molecule has 1 aromatic heterocycles. The summed E-state index contributed by atoms with van der Waals surface area (Å²) >= 11 is 6.43. The van der Waals surface area contributed by atoms with E-state index in [2.05, 4.69) is 15.1 Å². The molecule has 1 N–H and O–H groups in total. The van der Waals surface area contributed by atoms with Gasteiger partial charge in [-0.1, -0.05) is 41.9 Å². The van der Waals surface area contributed by atoms with Gasteiger partial charge in [0.15, 0.2) is 33.0 Å². The number of methoxy groups -OCH3 is 2. The molecule has 2 atom stereocenters. The summed E-state index contributed by atoms with van der Waals surface area (Å²) in [5, 5.41) is 15.0. The van der Waals surface area contributed by atoms with Gasteiger partial charge in [0.25, 0.3) is 0 Å². The van der Waals surface area contributed by atoms with Gasteiger partial charge in [0.1, 0.15) is 34.4 Å². The summed E-state index contributed by atoms with van der Waals surface area (Å²) in [7, 11) is -0.937. The first-order valence-corrected chi connectivity index (χ1v) is 14.3. The van der Waals surface area contributed by atoms with E-state index in [9.17, 15) is 23.1 Å². The van der Waals surface area contributed by atoms with Crippen molar-refractivity contribution < 1.29 is 41.8 Å². The Kier molecular flexibility index (Phi) is 7.34. The SMILES string of the molecule is COc1cc(OC)c2c(c1Cl)OC1(C2=O)C(O)=C(C=NCc2nc(CS(=O)(=O)c3ccccc3)no2)C(=O)CC1C. The minimum atomic E-state index is -3.69. The van der Waals surface area contributed by atoms with Crippen LogP contribution >= 0.6 is 11.6 Å². The minimum absolute atomic E-state index is 0.0159. The molecule has 2 aromatic carbocycles. The molecule has 14 heteroatoms. The van der Waals surface area contributed by atoms with Crippen LogP contribution < -0.4 is 14.2 Å². The third-order valence-electron chi connectivity index (χ3n) is 6.89. The molecule has 2 unspecified atom stereocenters. The summed E-state index contributed by atoms with van der Waals surface area (Å²) < 4.78 is 46.9. The number of sulfone groups is 1. The molecule has 12 nitrogen and oxygen atoms in total. The van der Waals surface area contributed by atoms with E-state index in [0.29, 0.717) is 0 Å². The number of allylic oxidation sites excluding steroid dienone is 1. The van der Waals surface area contributed by atoms with Crippen molar-refractivity contribution in [3.63, 3.8) is 0 Å². The lowest BCUT2D eigenvalue weighted by Crippen LogP contribution is -2.52. The lowest BCUT2D eigenvalue weighted by Gasteiger charge is -2.36. The minimum Gasteiger partial charge on any atom is -0.507 e. The number of carbonyl (C=O) groups is 2. The quantitative estimate of drug-likeness (QED) is 0.374. The highest BCUT2D eigenvalue weighted by atomic mass is 35.5. The van der Waals surface area contributed by atoms with Crippen molar-refractivity contribution in [3.8, 4) is 17.2 Å². The van der Waals surface area contributed by atoms with E-state index >= 15 is 0 Å². The molecule has 0 bridgehead atoms. The number of benzene rings is 2. The molecule has 1 aliphatic heterocycles. The number of aliphatic imine (C=N–C) groups is 1. The molecule has 5 rings (SSSR count). The van der Waals surface area contributed by atoms with Crippen LogP contribution in [0, 0.1) is 5.92 Å². The zero-order valence-electron chi connectivity index (χ0n) is 22.1. The van der Waals surface area contributed by atoms with Crippen molar-refractivity contribution in [1.29, 1.82) is 0 Å². The van der Waals surface area contributed by atoms with E-state index in [1.165, 1.54) is 32.4 Å². The van der Waals surface area contributed by atoms with Crippen LogP contribution in [0.3, 0.4) is 0 Å². The second-order valence-corrected chi connectivity index (χ2v) is 11.8. The number of halogens is 1. The van der Waals surface area contributed by atoms with Crippen molar-refractivity contribution in [2.45, 2.75) is 36.1 Å². The maximum absolute atomic E-state index is 13.8. The lowest BCUT2D eigenvalue weighted by atomic mass is 9.73. The summed E-state index contributed by atoms with van der Waals surface area (Å²) in [5.41, 5.74) is -2.16. The predicted molar refractivity (Wildman–Crippen MR) is 145 cm³/mol. The number of aliphatic hydroxyl groups excluding tert-OH is 1. The average molecular weight is 602 g/mol. The Labute approximate surface area is 239 Å². The number of hydrogen-bond acceptors (Lipinski definition) is 12. The van der Waals surface area contributed by atoms with E-state index in [1.807, 2.05) is 0 Å². The zero-order chi connectivity index (χ0) is 29.5. The van der Waals surface area contributed by atoms with E-state index in [4.69, 9.17) is 30.3 Å². The summed E-state index contributed by atoms with van der Waals surface area (Å²) in [6.45, 7) is 1.38. The molecule has 0 amide bonds. The number of nitrogens with zero attached hydrogens (tertiary/aromatic N) is 3. The lowest BCUT2D eigenvalue weighted by molar-refractivity contribution is -0.118. The monoisotopic (exact) mass is 601 g/mol. The fourth-order valence-corrected chi connectivity index (χ4v) is 6.28. The number of ketones is 2. The molecular formula is C27H24ClN3O9S. The van der Waals surface area contributed by atoms with Gasteiger partial charge < -0.3 is 23.8 Å². The Bertz CT molecular complexity index is 1720. The zero-order valence-corrected chi connectivity index (χ0v) is 23.7. The molecule has 214 valence electrons. The fourth-order valence-electron chi connectivity index (χ4n) is 4.82. The number of carbonyl (C=O) groups excluding carboxylic acids is 2. The molecule has 1 spiro atoms. The van der Waals surface area contributed by atoms with Crippen molar-refractivity contribution >= 4 is 39.2 Å². The maximum Gasteiger partial charge on any atom is 0.248 e. The molecular weight excluding hydrogens is 578 g/mol. The largest absolute Gasteiger partial charge is 0.507 e. The second-order valence-electron chi connectivity index (χ2n) is 9.40. The van der Waals surface area contributed by atoms with Crippen LogP contribution in [0.2, 0.25) is 5.02 Å². The highest BCUT2D eigenvalue weighted by Crippen LogP contribution is 2.54. The summed E-state index contributed by atoms with van der Waals surface area (Å²) in [4.78, 5) is 34.9. The molecule has 0 fully saturated rings. The van der Waals surface area contributed by atoms with Crippen LogP contribution in [0.1, 0.15) is 35.4 Å². The summed E-state index contributed by atoms with van der Waals surface area (Å²) in [6, 6.07) is 9.28. The van der Waals surface area contributed by atoms with Gasteiger partial charge in [0.2, 0.25) is 17.3 Å². The molecule has 2 heterocycles. The number of hydrogen-bond donors (Lipinski definition) is 1. The summed E-state index contributed by atoms with van der Waals surface area (Å²) in [5.74, 6) is -2.73. The Morgan fingerprint density at radius 1 is 1.20 bits per heavy atom. The van der Waals surface area contributed by atoms with E-state index in [1.54, 1.807) is 25.1 Å². The highest BCUT2D eigenvalue weighted by molar-refractivity contribution is 7.90. The van der Waals surface area contributed by atoms with E-state index in [0.717, 1.165) is 6.21 Å². The number of fused-ring (bicyclic) bond motifs is 1. The number of Topliss-reactive ketones (excluding diaryl/α,β-unsaturated/α-hetero) is 2. The van der Waals surface area contributed by atoms with Gasteiger partial charge in [-0.2, -0.15) is 4.98 Å². The highest BCUT2D eigenvalue weighted by Gasteiger charge is 2.60. The van der Waals surface area contributed by atoms with Gasteiger partial charge in [0, 0.05) is 24.6 Å². The topological polar surface area (TPSA) is 167 Å². The third-order valence-corrected chi connectivity index (χ3v) is 8.88. The Hall–Kier alpha value is -4.23. The van der Waals surface area contributed by atoms with Crippen LogP contribution in [0.25, 0.3) is 0 Å². The predicted octanol–water partition coefficient (Wildman–Crippen LogP) is 3.72. The van der Waals surface area contributed by atoms with Crippen molar-refractivity contribution in [2.75, 3.05) is 14.2 Å². The summed E-state index contributed by atoms with van der Waals surface area (Å²) in [6.07, 6.45) is 0.958. The van der Waals surface area contributed by atoms with Gasteiger partial charge in [0.05, 0.1) is 24.7 Å². The van der Waals surface area contributed by atoms with Gasteiger partial charge in [-0.25, -0.2) is 8.42 Å². The normalized spacial score (nSPS) is 20.5. The number of aliphatic hydroxyl groups is 1. The van der Waals surface area contributed by atoms with Crippen molar-refractivity contribution in [1.82, 2.24) is 10.1 Å². The Morgan fingerprint density at radius 2 is 1.90 bits per heavy atom. The smallest absolute Gasteiger partial charge is 0.248 e. The first kappa shape index (κ1) is 28.3. The fraction of sp³-hybridized carbons (Fsp3) is 0.296. The van der Waals surface area contributed by atoms with Crippen molar-refractivity contribution in [3.05, 3.63) is 70.0 Å². The average Bonchev–Trinajstić information content (AvgIpc) is 3.53. The molecule has 1 aliphatic carbocycles. The molecule has 0 radical (unpaired) electrons. The first-order chi connectivity index (χ1) is 19.5. The van der Waals surface area contributed by atoms with Gasteiger partial charge in [-0.15, -0.1) is 0 Å². The van der Waals surface area contributed by atoms with Crippen LogP contribution in [-0.4, -0.2) is 61.3 Å². The first-order valence-electron chi connectivity index (χ1n) is 12.3. The van der Waals surface area contributed by atoms with Gasteiger partial charge >= 0.3 is 0 Å². The Morgan fingerprint density at radius 3 is 2.59 bits per heavy atom. The third kappa shape index (κ3) is 4.74. The number of rotatable bonds is 8. The molecule has 0 saturated carbocycles. The van der Waals surface area contributed by atoms with Crippen LogP contribution in [0.15, 0.2) is 62.1 Å². The van der Waals surface area contributed by atoms with Crippen LogP contribution in [-0.2, 0) is 26.9 Å². The van der Waals surface area contributed by atoms with Crippen LogP contribution in [0.5, 0.6) is 17.2 Å². The van der Waals surface area contributed by atoms with E-state index < -0.39 is 44.4 Å². The Balaban J connectivity index is 1.41. The standard InChI is InChI=1S/C27H24ClN3O9S/c1-14-9-17(32)16(11-29-12-21-30-20(31-40-21)13-41(35,36)15-7-5-4-6-8-15)25(33)27(14)26(34)22-18(37-2)10-19(38-3)23(28)24(22)39-27/h4-8,10-11,14,33H,9,12-13H2,1-3H3. The molecule has 3 aromatic rings. The molecule has 2 aliphatic rings. The second kappa shape index (κ2) is 10.6. The maximum atomic E-state index is 13.8. The van der Waals surface area contributed by atoms with Gasteiger partial charge in [-0.3, -0.25) is 14.6 Å². The van der Waals surface area contributed by atoms with Gasteiger partial charge in [-0.05, 0) is 12.1 Å². The van der Waals surface area contributed by atoms with Crippen molar-refractivity contribution in [2.24, 2.45) is 10.9 Å². The number of aromatic nitrogens is 2. The van der Waals surface area contributed by atoms with E-state index in [-0.39, 0.29) is 63.0 Å². The number of ether oxygens (including phenoxy) is 3. The molecule has 0 saturated heterocycles.